The van der Waals surface area contributed by atoms with Crippen LogP contribution in [-0.2, 0) is 17.5 Å². The summed E-state index contributed by atoms with van der Waals surface area (Å²) >= 11 is 1.18. The van der Waals surface area contributed by atoms with Gasteiger partial charge in [-0.25, -0.2) is 9.19 Å². The van der Waals surface area contributed by atoms with Crippen LogP contribution < -0.4 is 10.0 Å². The number of fused-ring (bicyclic) bond motifs is 1. The zero-order valence-electron chi connectivity index (χ0n) is 13.8. The SMILES string of the molecule is O=S(Nc1ncns1)c1ccc2c(NCc3ccccc3)cccc2c1. The van der Waals surface area contributed by atoms with E-state index in [0.717, 1.165) is 23.0 Å². The van der Waals surface area contributed by atoms with E-state index in [-0.39, 0.29) is 0 Å². The number of rotatable bonds is 6. The normalized spacial score (nSPS) is 12.0. The minimum Gasteiger partial charge on any atom is -0.380 e. The fourth-order valence-corrected chi connectivity index (χ4v) is 4.10. The van der Waals surface area contributed by atoms with Gasteiger partial charge < -0.3 is 5.32 Å². The molecule has 1 heterocycles. The zero-order chi connectivity index (χ0) is 17.8. The quantitative estimate of drug-likeness (QED) is 0.519. The average molecular weight is 380 g/mol. The summed E-state index contributed by atoms with van der Waals surface area (Å²) in [5.74, 6) is 0. The molecule has 3 aromatic carbocycles. The van der Waals surface area contributed by atoms with Crippen LogP contribution in [0, 0.1) is 0 Å². The lowest BCUT2D eigenvalue weighted by Crippen LogP contribution is -2.04. The van der Waals surface area contributed by atoms with Gasteiger partial charge in [0.15, 0.2) is 11.0 Å². The Hall–Kier alpha value is -2.77. The first-order valence-corrected chi connectivity index (χ1v) is 9.97. The van der Waals surface area contributed by atoms with Gasteiger partial charge in [-0.05, 0) is 29.1 Å². The fourth-order valence-electron chi connectivity index (χ4n) is 2.68. The molecule has 0 saturated heterocycles. The molecule has 2 N–H and O–H groups in total. The van der Waals surface area contributed by atoms with Gasteiger partial charge in [-0.3, -0.25) is 4.72 Å². The predicted molar refractivity (Wildman–Crippen MR) is 108 cm³/mol. The Morgan fingerprint density at radius 2 is 1.88 bits per heavy atom. The average Bonchev–Trinajstić information content (AvgIpc) is 3.19. The van der Waals surface area contributed by atoms with Gasteiger partial charge in [-0.2, -0.15) is 4.37 Å². The summed E-state index contributed by atoms with van der Waals surface area (Å²) in [6.07, 6.45) is 1.44. The maximum atomic E-state index is 12.5. The van der Waals surface area contributed by atoms with Gasteiger partial charge in [0.25, 0.3) is 0 Å². The topological polar surface area (TPSA) is 66.9 Å². The Labute approximate surface area is 157 Å². The minimum absolute atomic E-state index is 0.543. The monoisotopic (exact) mass is 380 g/mol. The number of benzene rings is 3. The van der Waals surface area contributed by atoms with Gasteiger partial charge in [-0.15, -0.1) is 0 Å². The van der Waals surface area contributed by atoms with E-state index in [0.29, 0.717) is 10.0 Å². The number of nitrogens with zero attached hydrogens (tertiary/aromatic N) is 2. The maximum absolute atomic E-state index is 12.5. The molecule has 7 heteroatoms. The van der Waals surface area contributed by atoms with Gasteiger partial charge in [0.05, 0.1) is 4.90 Å². The van der Waals surface area contributed by atoms with Crippen LogP contribution >= 0.6 is 11.5 Å². The van der Waals surface area contributed by atoms with Crippen molar-refractivity contribution in [3.63, 3.8) is 0 Å². The number of anilines is 2. The lowest BCUT2D eigenvalue weighted by molar-refractivity contribution is 0.686. The molecule has 0 radical (unpaired) electrons. The molecule has 0 aliphatic heterocycles. The van der Waals surface area contributed by atoms with E-state index in [4.69, 9.17) is 0 Å². The molecule has 0 aliphatic rings. The first-order valence-electron chi connectivity index (χ1n) is 8.05. The smallest absolute Gasteiger partial charge is 0.214 e. The van der Waals surface area contributed by atoms with E-state index < -0.39 is 11.0 Å². The van der Waals surface area contributed by atoms with E-state index in [1.54, 1.807) is 0 Å². The highest BCUT2D eigenvalue weighted by molar-refractivity contribution is 7.86. The summed E-state index contributed by atoms with van der Waals surface area (Å²) in [5.41, 5.74) is 2.28. The highest BCUT2D eigenvalue weighted by Gasteiger charge is 2.08. The number of hydrogen-bond donors (Lipinski definition) is 2. The Balaban J connectivity index is 1.56. The second kappa shape index (κ2) is 7.63. The van der Waals surface area contributed by atoms with Crippen LogP contribution in [0.25, 0.3) is 10.8 Å². The van der Waals surface area contributed by atoms with Gasteiger partial charge in [0.1, 0.15) is 6.33 Å². The molecule has 0 saturated carbocycles. The van der Waals surface area contributed by atoms with Gasteiger partial charge in [0.2, 0.25) is 5.13 Å². The number of hydrogen-bond acceptors (Lipinski definition) is 5. The largest absolute Gasteiger partial charge is 0.380 e. The van der Waals surface area contributed by atoms with Crippen molar-refractivity contribution in [3.05, 3.63) is 78.6 Å². The summed E-state index contributed by atoms with van der Waals surface area (Å²) < 4.78 is 19.2. The summed E-state index contributed by atoms with van der Waals surface area (Å²) in [7, 11) is -1.37. The van der Waals surface area contributed by atoms with Crippen LogP contribution in [-0.4, -0.2) is 13.6 Å². The van der Waals surface area contributed by atoms with Crippen molar-refractivity contribution in [2.24, 2.45) is 0 Å². The third-order valence-corrected chi connectivity index (χ3v) is 5.70. The van der Waals surface area contributed by atoms with Crippen LogP contribution in [0.15, 0.2) is 78.0 Å². The molecule has 5 nitrogen and oxygen atoms in total. The Morgan fingerprint density at radius 1 is 1.00 bits per heavy atom. The first-order chi connectivity index (χ1) is 12.8. The summed E-state index contributed by atoms with van der Waals surface area (Å²) in [6, 6.07) is 22.2. The molecular formula is C19H16N4OS2. The molecule has 1 aromatic heterocycles. The van der Waals surface area contributed by atoms with E-state index in [1.807, 2.05) is 48.5 Å². The molecule has 1 unspecified atom stereocenters. The molecule has 130 valence electrons. The standard InChI is InChI=1S/C19H16N4OS2/c24-26(23-19-21-13-22-25-19)16-9-10-17-15(11-16)7-4-8-18(17)20-12-14-5-2-1-3-6-14/h1-11,13,20H,12H2,(H,21,22,23). The highest BCUT2D eigenvalue weighted by Crippen LogP contribution is 2.26. The van der Waals surface area contributed by atoms with E-state index in [9.17, 15) is 4.21 Å². The summed E-state index contributed by atoms with van der Waals surface area (Å²) in [4.78, 5) is 4.71. The van der Waals surface area contributed by atoms with Crippen molar-refractivity contribution in [1.82, 2.24) is 9.36 Å². The highest BCUT2D eigenvalue weighted by atomic mass is 32.2. The number of nitrogens with one attached hydrogen (secondary N) is 2. The van der Waals surface area contributed by atoms with Crippen molar-refractivity contribution < 1.29 is 4.21 Å². The molecule has 0 bridgehead atoms. The van der Waals surface area contributed by atoms with Crippen molar-refractivity contribution in [3.8, 4) is 0 Å². The first kappa shape index (κ1) is 16.7. The van der Waals surface area contributed by atoms with Crippen LogP contribution in [0.4, 0.5) is 10.8 Å². The molecule has 4 rings (SSSR count). The van der Waals surface area contributed by atoms with Crippen LogP contribution in [0.1, 0.15) is 5.56 Å². The van der Waals surface area contributed by atoms with Gasteiger partial charge in [0, 0.05) is 29.2 Å². The molecule has 1 atom stereocenters. The minimum atomic E-state index is -1.37. The van der Waals surface area contributed by atoms with E-state index in [1.165, 1.54) is 23.4 Å². The van der Waals surface area contributed by atoms with E-state index >= 15 is 0 Å². The van der Waals surface area contributed by atoms with Crippen LogP contribution in [0.5, 0.6) is 0 Å². The summed E-state index contributed by atoms with van der Waals surface area (Å²) in [5, 5.41) is 6.16. The predicted octanol–water partition coefficient (Wildman–Crippen LogP) is 4.44. The fraction of sp³-hybridized carbons (Fsp3) is 0.0526. The van der Waals surface area contributed by atoms with Crippen molar-refractivity contribution in [2.75, 3.05) is 10.0 Å². The third kappa shape index (κ3) is 3.74. The Morgan fingerprint density at radius 3 is 2.69 bits per heavy atom. The lowest BCUT2D eigenvalue weighted by atomic mass is 10.1. The summed E-state index contributed by atoms with van der Waals surface area (Å²) in [6.45, 7) is 0.756. The number of aromatic nitrogens is 2. The van der Waals surface area contributed by atoms with E-state index in [2.05, 4.69) is 37.6 Å². The molecular weight excluding hydrogens is 364 g/mol. The molecule has 4 aromatic rings. The molecule has 0 fully saturated rings. The molecule has 0 spiro atoms. The second-order valence-electron chi connectivity index (χ2n) is 5.64. The Kier molecular flexibility index (Phi) is 4.90. The molecule has 26 heavy (non-hydrogen) atoms. The molecule has 0 amide bonds. The van der Waals surface area contributed by atoms with Crippen LogP contribution in [0.3, 0.4) is 0 Å². The van der Waals surface area contributed by atoms with Crippen molar-refractivity contribution >= 4 is 44.1 Å². The van der Waals surface area contributed by atoms with Crippen molar-refractivity contribution in [1.29, 1.82) is 0 Å². The van der Waals surface area contributed by atoms with Gasteiger partial charge >= 0.3 is 0 Å². The maximum Gasteiger partial charge on any atom is 0.214 e. The van der Waals surface area contributed by atoms with Gasteiger partial charge in [-0.1, -0.05) is 48.5 Å². The second-order valence-corrected chi connectivity index (χ2v) is 7.64. The van der Waals surface area contributed by atoms with Crippen molar-refractivity contribution in [2.45, 2.75) is 11.4 Å². The zero-order valence-corrected chi connectivity index (χ0v) is 15.4. The van der Waals surface area contributed by atoms with Crippen LogP contribution in [0.2, 0.25) is 0 Å². The lowest BCUT2D eigenvalue weighted by Gasteiger charge is -2.11. The Bertz CT molecular complexity index is 1040. The molecule has 0 aliphatic carbocycles. The third-order valence-electron chi connectivity index (χ3n) is 3.93.